The molecule has 1 N–H and O–H groups in total. The number of carbonyl (C=O) groups excluding carboxylic acids is 1. The van der Waals surface area contributed by atoms with Crippen LogP contribution in [0.5, 0.6) is 0 Å². The van der Waals surface area contributed by atoms with Gasteiger partial charge in [-0.1, -0.05) is 50.2 Å². The highest BCUT2D eigenvalue weighted by Crippen LogP contribution is 2.38. The summed E-state index contributed by atoms with van der Waals surface area (Å²) in [5.41, 5.74) is 3.00. The summed E-state index contributed by atoms with van der Waals surface area (Å²) in [5.74, 6) is 0.413. The highest BCUT2D eigenvalue weighted by molar-refractivity contribution is 5.99. The molecule has 0 bridgehead atoms. The van der Waals surface area contributed by atoms with Crippen LogP contribution in [-0.4, -0.2) is 50.2 Å². The Morgan fingerprint density at radius 1 is 1.03 bits per heavy atom. The van der Waals surface area contributed by atoms with Gasteiger partial charge in [0.1, 0.15) is 18.7 Å². The predicted molar refractivity (Wildman–Crippen MR) is 127 cm³/mol. The second-order valence-electron chi connectivity index (χ2n) is 9.36. The van der Waals surface area contributed by atoms with Gasteiger partial charge in [0, 0.05) is 13.0 Å². The van der Waals surface area contributed by atoms with Crippen LogP contribution in [-0.2, 0) is 4.74 Å². The van der Waals surface area contributed by atoms with E-state index < -0.39 is 6.04 Å². The number of amides is 1. The molecule has 3 aromatic rings. The average molecular weight is 448 g/mol. The van der Waals surface area contributed by atoms with Crippen LogP contribution in [0.25, 0.3) is 11.0 Å². The Balaban J connectivity index is 1.52. The predicted octanol–water partition coefficient (Wildman–Crippen LogP) is 2.77. The normalized spacial score (nSPS) is 18.9. The van der Waals surface area contributed by atoms with E-state index in [0.717, 1.165) is 44.8 Å². The Labute approximate surface area is 193 Å². The van der Waals surface area contributed by atoms with Crippen LogP contribution in [0, 0.1) is 0 Å². The van der Waals surface area contributed by atoms with Crippen molar-refractivity contribution in [3.63, 3.8) is 0 Å². The summed E-state index contributed by atoms with van der Waals surface area (Å²) in [6.45, 7) is 9.46. The Kier molecular flexibility index (Phi) is 6.04. The number of hydrogen-bond donors (Lipinski definition) is 1. The molecule has 0 spiro atoms. The van der Waals surface area contributed by atoms with Gasteiger partial charge in [-0.15, -0.1) is 0 Å². The van der Waals surface area contributed by atoms with Crippen molar-refractivity contribution in [1.82, 2.24) is 4.90 Å². The van der Waals surface area contributed by atoms with E-state index in [-0.39, 0.29) is 17.1 Å². The van der Waals surface area contributed by atoms with Crippen LogP contribution in [0.1, 0.15) is 59.5 Å². The second-order valence-corrected chi connectivity index (χ2v) is 9.36. The summed E-state index contributed by atoms with van der Waals surface area (Å²) >= 11 is 0. The van der Waals surface area contributed by atoms with Gasteiger partial charge in [0.05, 0.1) is 36.8 Å². The van der Waals surface area contributed by atoms with Gasteiger partial charge in [-0.25, -0.2) is 0 Å². The number of rotatable bonds is 6. The van der Waals surface area contributed by atoms with E-state index in [1.807, 2.05) is 17.0 Å². The van der Waals surface area contributed by atoms with Gasteiger partial charge in [0.25, 0.3) is 5.91 Å². The maximum Gasteiger partial charge on any atom is 0.290 e. The van der Waals surface area contributed by atoms with E-state index in [1.54, 1.807) is 12.1 Å². The van der Waals surface area contributed by atoms with Gasteiger partial charge in [-0.3, -0.25) is 9.59 Å². The van der Waals surface area contributed by atoms with Crippen molar-refractivity contribution in [3.8, 4) is 0 Å². The largest absolute Gasteiger partial charge is 0.450 e. The molecule has 6 heteroatoms. The molecule has 1 atom stereocenters. The van der Waals surface area contributed by atoms with Crippen molar-refractivity contribution in [2.45, 2.75) is 32.2 Å². The molecule has 2 aliphatic heterocycles. The molecule has 33 heavy (non-hydrogen) atoms. The van der Waals surface area contributed by atoms with Crippen LogP contribution in [0.15, 0.2) is 57.7 Å². The minimum Gasteiger partial charge on any atom is -0.450 e. The molecule has 1 amide bonds. The monoisotopic (exact) mass is 447 g/mol. The molecule has 1 saturated heterocycles. The molecular formula is C27H31N2O4+. The Hall–Kier alpha value is -2.96. The molecule has 0 radical (unpaired) electrons. The third-order valence-corrected chi connectivity index (χ3v) is 6.92. The van der Waals surface area contributed by atoms with Gasteiger partial charge in [0.15, 0.2) is 5.43 Å². The van der Waals surface area contributed by atoms with E-state index >= 15 is 0 Å². The highest BCUT2D eigenvalue weighted by Gasteiger charge is 2.42. The fraction of sp³-hybridized carbons (Fsp3) is 0.407. The zero-order valence-corrected chi connectivity index (χ0v) is 19.3. The van der Waals surface area contributed by atoms with Crippen molar-refractivity contribution in [3.05, 3.63) is 81.2 Å². The molecule has 2 aromatic carbocycles. The van der Waals surface area contributed by atoms with Crippen molar-refractivity contribution < 1.29 is 18.8 Å². The molecule has 0 unspecified atom stereocenters. The third kappa shape index (κ3) is 4.09. The number of fused-ring (bicyclic) bond motifs is 2. The lowest BCUT2D eigenvalue weighted by molar-refractivity contribution is -0.908. The minimum absolute atomic E-state index is 0.112. The van der Waals surface area contributed by atoms with Crippen molar-refractivity contribution in [2.24, 2.45) is 0 Å². The zero-order chi connectivity index (χ0) is 22.9. The molecule has 0 aliphatic carbocycles. The van der Waals surface area contributed by atoms with Crippen molar-refractivity contribution in [2.75, 3.05) is 39.4 Å². The summed E-state index contributed by atoms with van der Waals surface area (Å²) < 4.78 is 11.5. The minimum atomic E-state index is -0.422. The molecule has 1 fully saturated rings. The molecule has 2 aliphatic rings. The molecular weight excluding hydrogens is 416 g/mol. The molecule has 5 rings (SSSR count). The van der Waals surface area contributed by atoms with E-state index in [9.17, 15) is 9.59 Å². The molecule has 6 nitrogen and oxygen atoms in total. The maximum atomic E-state index is 13.5. The smallest absolute Gasteiger partial charge is 0.290 e. The van der Waals surface area contributed by atoms with Gasteiger partial charge in [0.2, 0.25) is 5.76 Å². The molecule has 0 saturated carbocycles. The number of morpholine rings is 1. The molecule has 3 heterocycles. The number of benzene rings is 2. The van der Waals surface area contributed by atoms with E-state index in [0.29, 0.717) is 29.0 Å². The quantitative estimate of drug-likeness (QED) is 0.631. The van der Waals surface area contributed by atoms with Crippen molar-refractivity contribution in [1.29, 1.82) is 0 Å². The van der Waals surface area contributed by atoms with Crippen molar-refractivity contribution >= 4 is 16.9 Å². The third-order valence-electron chi connectivity index (χ3n) is 6.92. The van der Waals surface area contributed by atoms with E-state index in [4.69, 9.17) is 9.15 Å². The average Bonchev–Trinajstić information content (AvgIpc) is 3.12. The fourth-order valence-electron chi connectivity index (χ4n) is 5.02. The zero-order valence-electron chi connectivity index (χ0n) is 19.3. The van der Waals surface area contributed by atoms with Crippen LogP contribution in [0.3, 0.4) is 0 Å². The number of hydrogen-bond acceptors (Lipinski definition) is 4. The topological polar surface area (TPSA) is 64.2 Å². The first-order valence-electron chi connectivity index (χ1n) is 11.9. The lowest BCUT2D eigenvalue weighted by atomic mass is 9.95. The number of quaternary nitrogens is 1. The summed E-state index contributed by atoms with van der Waals surface area (Å²) in [7, 11) is 0. The maximum absolute atomic E-state index is 13.5. The van der Waals surface area contributed by atoms with Gasteiger partial charge in [-0.05, 0) is 29.2 Å². The number of para-hydroxylation sites is 1. The summed E-state index contributed by atoms with van der Waals surface area (Å²) in [6, 6.07) is 15.1. The van der Waals surface area contributed by atoms with Gasteiger partial charge in [-0.2, -0.15) is 0 Å². The summed E-state index contributed by atoms with van der Waals surface area (Å²) in [4.78, 5) is 30.4. The van der Waals surface area contributed by atoms with E-state index in [1.165, 1.54) is 10.5 Å². The number of ether oxygens (including phenoxy) is 1. The van der Waals surface area contributed by atoms with Crippen LogP contribution < -0.4 is 10.3 Å². The SMILES string of the molecule is CC(C)c1ccc([C@H]2c3c(oc4ccccc4c3=O)C(=O)N2CCC[NH+]2CCOCC2)cc1. The Morgan fingerprint density at radius 3 is 2.48 bits per heavy atom. The fourth-order valence-corrected chi connectivity index (χ4v) is 5.02. The lowest BCUT2D eigenvalue weighted by Gasteiger charge is -2.27. The number of carbonyl (C=O) groups is 1. The standard InChI is InChI=1S/C27H30N2O4/c1-18(2)19-8-10-20(11-9-19)24-23-25(30)21-6-3-4-7-22(21)33-26(23)27(31)29(24)13-5-12-28-14-16-32-17-15-28/h3-4,6-11,18,24H,5,12-17H2,1-2H3/p+1/t24-/m0/s1. The first-order chi connectivity index (χ1) is 16.0. The molecule has 172 valence electrons. The highest BCUT2D eigenvalue weighted by atomic mass is 16.5. The van der Waals surface area contributed by atoms with Crippen LogP contribution >= 0.6 is 0 Å². The summed E-state index contributed by atoms with van der Waals surface area (Å²) in [5, 5.41) is 0.521. The number of nitrogens with one attached hydrogen (secondary N) is 1. The second kappa shape index (κ2) is 9.12. The van der Waals surface area contributed by atoms with Crippen LogP contribution in [0.2, 0.25) is 0 Å². The van der Waals surface area contributed by atoms with Crippen LogP contribution in [0.4, 0.5) is 0 Å². The number of nitrogens with zero attached hydrogens (tertiary/aromatic N) is 1. The van der Waals surface area contributed by atoms with Gasteiger partial charge < -0.3 is 19.0 Å². The first-order valence-corrected chi connectivity index (χ1v) is 11.9. The lowest BCUT2D eigenvalue weighted by Crippen LogP contribution is -3.14. The summed E-state index contributed by atoms with van der Waals surface area (Å²) in [6.07, 6.45) is 0.864. The Morgan fingerprint density at radius 2 is 1.76 bits per heavy atom. The first kappa shape index (κ1) is 21.9. The Bertz CT molecular complexity index is 1210. The van der Waals surface area contributed by atoms with Gasteiger partial charge >= 0.3 is 0 Å². The van der Waals surface area contributed by atoms with E-state index in [2.05, 4.69) is 38.1 Å². The molecule has 1 aromatic heterocycles.